The molecule has 2 aromatic carbocycles. The number of ether oxygens (including phenoxy) is 3. The van der Waals surface area contributed by atoms with E-state index in [2.05, 4.69) is 27.3 Å². The van der Waals surface area contributed by atoms with Crippen molar-refractivity contribution >= 4 is 62.9 Å². The molecule has 2 rings (SSSR count). The zero-order chi connectivity index (χ0) is 25.9. The van der Waals surface area contributed by atoms with E-state index < -0.39 is 17.6 Å². The van der Waals surface area contributed by atoms with Crippen LogP contribution in [0.25, 0.3) is 0 Å². The molecule has 2 aromatic rings. The van der Waals surface area contributed by atoms with E-state index in [0.717, 1.165) is 9.64 Å². The van der Waals surface area contributed by atoms with Gasteiger partial charge in [-0.25, -0.2) is 8.78 Å². The molecule has 0 fully saturated rings. The van der Waals surface area contributed by atoms with Crippen LogP contribution in [-0.2, 0) is 29.6 Å². The van der Waals surface area contributed by atoms with Crippen molar-refractivity contribution in [2.24, 2.45) is 0 Å². The molecule has 0 radical (unpaired) electrons. The van der Waals surface area contributed by atoms with Gasteiger partial charge in [0.2, 0.25) is 0 Å². The number of ketones is 1. The highest BCUT2D eigenvalue weighted by molar-refractivity contribution is 14.1. The Morgan fingerprint density at radius 1 is 0.882 bits per heavy atom. The number of Topliss-reactive ketones (excluding diaryl/α,β-unsaturated/α-hetero) is 1. The number of carboxylic acids is 1. The van der Waals surface area contributed by atoms with Gasteiger partial charge in [-0.15, -0.1) is 0 Å². The first-order chi connectivity index (χ1) is 16.0. The van der Waals surface area contributed by atoms with Gasteiger partial charge in [-0.1, -0.05) is 0 Å². The molecule has 0 saturated heterocycles. The second kappa shape index (κ2) is 14.6. The van der Waals surface area contributed by atoms with Gasteiger partial charge in [-0.05, 0) is 81.6 Å². The van der Waals surface area contributed by atoms with Crippen LogP contribution < -0.4 is 0 Å². The summed E-state index contributed by atoms with van der Waals surface area (Å²) in [5.41, 5.74) is 0.804. The highest BCUT2D eigenvalue weighted by Crippen LogP contribution is 2.34. The van der Waals surface area contributed by atoms with Crippen LogP contribution in [0.2, 0.25) is 0 Å². The molecule has 0 bridgehead atoms. The predicted molar refractivity (Wildman–Crippen MR) is 136 cm³/mol. The molecule has 0 aliphatic heterocycles. The molecule has 7 nitrogen and oxygen atoms in total. The van der Waals surface area contributed by atoms with Gasteiger partial charge >= 0.3 is 11.9 Å². The fourth-order valence-corrected chi connectivity index (χ4v) is 4.25. The second-order valence-electron chi connectivity index (χ2n) is 6.80. The third-order valence-corrected chi connectivity index (χ3v) is 6.56. The Labute approximate surface area is 223 Å². The summed E-state index contributed by atoms with van der Waals surface area (Å²) in [6.45, 7) is 0. The summed E-state index contributed by atoms with van der Waals surface area (Å²) in [5, 5.41) is 8.40. The van der Waals surface area contributed by atoms with Crippen LogP contribution in [0.3, 0.4) is 0 Å². The van der Waals surface area contributed by atoms with Crippen molar-refractivity contribution in [3.8, 4) is 0 Å². The number of benzene rings is 2. The fraction of sp³-hybridized carbons (Fsp3) is 0.348. The van der Waals surface area contributed by atoms with Gasteiger partial charge in [-0.2, -0.15) is 0 Å². The summed E-state index contributed by atoms with van der Waals surface area (Å²) in [5.74, 6) is -3.78. The van der Waals surface area contributed by atoms with Gasteiger partial charge in [0, 0.05) is 45.3 Å². The number of carboxylic acid groups (broad SMARTS) is 1. The molecule has 0 unspecified atom stereocenters. The van der Waals surface area contributed by atoms with E-state index in [9.17, 15) is 23.2 Å². The SMILES string of the molecule is COC(=O)CCC(OC)(OC)c1cc(F)ccc1I.O=C(O)CCC(=O)c1cc(F)ccc1I. The van der Waals surface area contributed by atoms with Crippen LogP contribution in [0.1, 0.15) is 41.6 Å². The number of hydrogen-bond acceptors (Lipinski definition) is 6. The summed E-state index contributed by atoms with van der Waals surface area (Å²) in [4.78, 5) is 33.0. The lowest BCUT2D eigenvalue weighted by Gasteiger charge is -2.32. The number of aliphatic carboxylic acids is 1. The smallest absolute Gasteiger partial charge is 0.305 e. The van der Waals surface area contributed by atoms with E-state index in [-0.39, 0.29) is 48.8 Å². The Hall–Kier alpha value is -1.71. The van der Waals surface area contributed by atoms with Crippen molar-refractivity contribution in [1.29, 1.82) is 0 Å². The maximum Gasteiger partial charge on any atom is 0.305 e. The summed E-state index contributed by atoms with van der Waals surface area (Å²) < 4.78 is 43.1. The van der Waals surface area contributed by atoms with Crippen molar-refractivity contribution in [2.75, 3.05) is 21.3 Å². The van der Waals surface area contributed by atoms with Crippen molar-refractivity contribution in [1.82, 2.24) is 0 Å². The Morgan fingerprint density at radius 3 is 1.97 bits per heavy atom. The third kappa shape index (κ3) is 9.15. The maximum absolute atomic E-state index is 13.4. The lowest BCUT2D eigenvalue weighted by molar-refractivity contribution is -0.222. The second-order valence-corrected chi connectivity index (χ2v) is 9.13. The molecule has 1 N–H and O–H groups in total. The number of halogens is 4. The van der Waals surface area contributed by atoms with E-state index in [1.807, 2.05) is 22.6 Å². The van der Waals surface area contributed by atoms with Crippen molar-refractivity contribution < 1.29 is 42.5 Å². The standard InChI is InChI=1S/C13H16FIO4.C10H8FIO3/c1-17-12(16)6-7-13(18-2,19-3)10-8-9(14)4-5-11(10)15;11-6-1-2-8(12)7(5-6)9(13)3-4-10(14)15/h4-5,8H,6-7H2,1-3H3;1-2,5H,3-4H2,(H,14,15). The molecule has 34 heavy (non-hydrogen) atoms. The fourth-order valence-electron chi connectivity index (χ4n) is 2.87. The van der Waals surface area contributed by atoms with Crippen molar-refractivity contribution in [3.05, 3.63) is 66.3 Å². The van der Waals surface area contributed by atoms with Gasteiger partial charge < -0.3 is 19.3 Å². The van der Waals surface area contributed by atoms with Crippen LogP contribution in [0, 0.1) is 18.8 Å². The van der Waals surface area contributed by atoms with Crippen molar-refractivity contribution in [3.63, 3.8) is 0 Å². The van der Waals surface area contributed by atoms with E-state index >= 15 is 0 Å². The Balaban J connectivity index is 0.000000350. The van der Waals surface area contributed by atoms with E-state index in [1.165, 1.54) is 45.6 Å². The van der Waals surface area contributed by atoms with Crippen LogP contribution in [0.15, 0.2) is 36.4 Å². The number of hydrogen-bond donors (Lipinski definition) is 1. The zero-order valence-electron chi connectivity index (χ0n) is 18.7. The summed E-state index contributed by atoms with van der Waals surface area (Å²) in [7, 11) is 4.24. The monoisotopic (exact) mass is 704 g/mol. The first-order valence-electron chi connectivity index (χ1n) is 9.82. The highest BCUT2D eigenvalue weighted by Gasteiger charge is 2.35. The molecular weight excluding hydrogens is 680 g/mol. The largest absolute Gasteiger partial charge is 0.481 e. The first-order valence-corrected chi connectivity index (χ1v) is 12.0. The quantitative estimate of drug-likeness (QED) is 0.155. The minimum Gasteiger partial charge on any atom is -0.481 e. The summed E-state index contributed by atoms with van der Waals surface area (Å²) in [6, 6.07) is 8.23. The summed E-state index contributed by atoms with van der Waals surface area (Å²) in [6.07, 6.45) is 0.0249. The summed E-state index contributed by atoms with van der Waals surface area (Å²) >= 11 is 3.99. The molecule has 0 aliphatic rings. The molecular formula is C23H24F2I2O7. The molecule has 11 heteroatoms. The van der Waals surface area contributed by atoms with Gasteiger partial charge in [-0.3, -0.25) is 14.4 Å². The topological polar surface area (TPSA) is 99.1 Å². The Bertz CT molecular complexity index is 1010. The van der Waals surface area contributed by atoms with Crippen LogP contribution >= 0.6 is 45.2 Å². The van der Waals surface area contributed by atoms with Crippen LogP contribution in [-0.4, -0.2) is 44.2 Å². The first kappa shape index (κ1) is 30.3. The van der Waals surface area contributed by atoms with Gasteiger partial charge in [0.05, 0.1) is 20.0 Å². The molecule has 0 atom stereocenters. The van der Waals surface area contributed by atoms with E-state index in [1.54, 1.807) is 6.07 Å². The lowest BCUT2D eigenvalue weighted by atomic mass is 10.00. The molecule has 0 heterocycles. The predicted octanol–water partition coefficient (Wildman–Crippen LogP) is 5.31. The zero-order valence-corrected chi connectivity index (χ0v) is 23.0. The maximum atomic E-state index is 13.4. The third-order valence-electron chi connectivity index (χ3n) is 4.68. The average molecular weight is 704 g/mol. The molecule has 0 saturated carbocycles. The Kier molecular flexibility index (Phi) is 13.1. The average Bonchev–Trinajstić information content (AvgIpc) is 2.82. The highest BCUT2D eigenvalue weighted by atomic mass is 127. The number of esters is 1. The van der Waals surface area contributed by atoms with Crippen molar-refractivity contribution in [2.45, 2.75) is 31.5 Å². The van der Waals surface area contributed by atoms with E-state index in [4.69, 9.17) is 14.6 Å². The number of carbonyl (C=O) groups excluding carboxylic acids is 2. The van der Waals surface area contributed by atoms with Gasteiger partial charge in [0.15, 0.2) is 11.6 Å². The van der Waals surface area contributed by atoms with E-state index in [0.29, 0.717) is 9.13 Å². The number of rotatable bonds is 10. The van der Waals surface area contributed by atoms with Gasteiger partial charge in [0.25, 0.3) is 0 Å². The van der Waals surface area contributed by atoms with Crippen LogP contribution in [0.4, 0.5) is 8.78 Å². The lowest BCUT2D eigenvalue weighted by Crippen LogP contribution is -2.33. The molecule has 0 spiro atoms. The minimum absolute atomic E-state index is 0.102. The molecule has 186 valence electrons. The Morgan fingerprint density at radius 2 is 1.44 bits per heavy atom. The van der Waals surface area contributed by atoms with Crippen LogP contribution in [0.5, 0.6) is 0 Å². The number of carbonyl (C=O) groups is 3. The normalized spacial score (nSPS) is 10.8. The molecule has 0 amide bonds. The van der Waals surface area contributed by atoms with Gasteiger partial charge in [0.1, 0.15) is 11.6 Å². The number of methoxy groups -OCH3 is 3. The minimum atomic E-state index is -1.16. The molecule has 0 aromatic heterocycles. The molecule has 0 aliphatic carbocycles.